The number of carbonyl (C=O) groups is 2. The van der Waals surface area contributed by atoms with Crippen LogP contribution in [0, 0.1) is 0 Å². The molecule has 0 radical (unpaired) electrons. The number of thiazole rings is 1. The number of halogens is 4. The fourth-order valence-corrected chi connectivity index (χ4v) is 4.11. The van der Waals surface area contributed by atoms with Gasteiger partial charge in [-0.2, -0.15) is 13.2 Å². The highest BCUT2D eigenvalue weighted by atomic mass is 35.5. The van der Waals surface area contributed by atoms with Gasteiger partial charge in [-0.3, -0.25) is 14.2 Å². The van der Waals surface area contributed by atoms with Crippen LogP contribution in [0.15, 0.2) is 61.3 Å². The van der Waals surface area contributed by atoms with Gasteiger partial charge in [-0.25, -0.2) is 15.0 Å². The van der Waals surface area contributed by atoms with Gasteiger partial charge >= 0.3 is 6.18 Å². The van der Waals surface area contributed by atoms with Crippen molar-refractivity contribution in [1.29, 1.82) is 0 Å². The van der Waals surface area contributed by atoms with E-state index < -0.39 is 34.6 Å². The van der Waals surface area contributed by atoms with Crippen LogP contribution < -0.4 is 10.6 Å². The first-order valence-corrected chi connectivity index (χ1v) is 11.2. The number of imidazole rings is 1. The van der Waals surface area contributed by atoms with Gasteiger partial charge in [0.2, 0.25) is 0 Å². The lowest BCUT2D eigenvalue weighted by atomic mass is 10.2. The molecule has 180 valence electrons. The second-order valence-corrected chi connectivity index (χ2v) is 8.71. The molecule has 0 unspecified atom stereocenters. The van der Waals surface area contributed by atoms with Crippen LogP contribution >= 0.6 is 22.9 Å². The third-order valence-corrected chi connectivity index (χ3v) is 6.25. The van der Waals surface area contributed by atoms with Crippen LogP contribution in [0.1, 0.15) is 43.7 Å². The van der Waals surface area contributed by atoms with Crippen molar-refractivity contribution >= 4 is 40.6 Å². The Hall–Kier alpha value is -3.77. The maximum absolute atomic E-state index is 13.0. The van der Waals surface area contributed by atoms with Crippen LogP contribution in [0.25, 0.3) is 5.69 Å². The molecule has 35 heavy (non-hydrogen) atoms. The van der Waals surface area contributed by atoms with E-state index in [1.165, 1.54) is 18.7 Å². The number of nitrogens with one attached hydrogen (secondary N) is 2. The van der Waals surface area contributed by atoms with E-state index in [9.17, 15) is 22.8 Å². The minimum atomic E-state index is -4.69. The van der Waals surface area contributed by atoms with Gasteiger partial charge in [-0.05, 0) is 25.1 Å². The molecule has 8 nitrogen and oxygen atoms in total. The average Bonchev–Trinajstić information content (AvgIpc) is 3.50. The van der Waals surface area contributed by atoms with Gasteiger partial charge in [-0.15, -0.1) is 11.3 Å². The number of alkyl halides is 3. The molecule has 0 aliphatic carbocycles. The summed E-state index contributed by atoms with van der Waals surface area (Å²) in [6, 6.07) is 9.30. The predicted octanol–water partition coefficient (Wildman–Crippen LogP) is 5.14. The van der Waals surface area contributed by atoms with Crippen LogP contribution in [0.3, 0.4) is 0 Å². The van der Waals surface area contributed by atoms with E-state index in [4.69, 9.17) is 11.6 Å². The maximum atomic E-state index is 13.0. The largest absolute Gasteiger partial charge is 0.418 e. The van der Waals surface area contributed by atoms with Crippen molar-refractivity contribution in [2.75, 3.05) is 5.32 Å². The van der Waals surface area contributed by atoms with E-state index in [1.807, 2.05) is 30.3 Å². The minimum absolute atomic E-state index is 0.126. The first-order chi connectivity index (χ1) is 16.6. The molecule has 2 amide bonds. The van der Waals surface area contributed by atoms with Crippen molar-refractivity contribution in [3.05, 3.63) is 87.5 Å². The zero-order valence-electron chi connectivity index (χ0n) is 17.9. The number of anilines is 1. The highest BCUT2D eigenvalue weighted by molar-refractivity contribution is 7.13. The van der Waals surface area contributed by atoms with Crippen molar-refractivity contribution in [2.45, 2.75) is 19.1 Å². The summed E-state index contributed by atoms with van der Waals surface area (Å²) >= 11 is 6.54. The van der Waals surface area contributed by atoms with Gasteiger partial charge in [0.1, 0.15) is 21.4 Å². The lowest BCUT2D eigenvalue weighted by Gasteiger charge is -2.13. The molecule has 0 saturated heterocycles. The molecule has 0 spiro atoms. The van der Waals surface area contributed by atoms with Crippen LogP contribution in [-0.2, 0) is 6.18 Å². The lowest BCUT2D eigenvalue weighted by Crippen LogP contribution is -2.28. The first kappa shape index (κ1) is 24.4. The standard InChI is InChI=1S/C22H16ClF3N6O2S/c1-12(30-19(33)16-9-27-11-32(16)13-5-3-2-4-6-13)21-29-10-17(35-21)20(34)31-18-7-14(22(24,25)26)15(23)8-28-18/h2-12H,1H3,(H,30,33)(H,28,31,34)/t12-/m1/s1. The summed E-state index contributed by atoms with van der Waals surface area (Å²) in [4.78, 5) is 37.4. The fraction of sp³-hybridized carbons (Fsp3) is 0.136. The maximum Gasteiger partial charge on any atom is 0.418 e. The molecule has 0 saturated carbocycles. The molecular formula is C22H16ClF3N6O2S. The number of pyridine rings is 1. The van der Waals surface area contributed by atoms with Crippen LogP contribution in [-0.4, -0.2) is 31.3 Å². The van der Waals surface area contributed by atoms with Gasteiger partial charge in [0.05, 0.1) is 35.3 Å². The van der Waals surface area contributed by atoms with Gasteiger partial charge in [0, 0.05) is 11.9 Å². The highest BCUT2D eigenvalue weighted by Crippen LogP contribution is 2.35. The Morgan fingerprint density at radius 2 is 1.83 bits per heavy atom. The Bertz CT molecular complexity index is 1370. The minimum Gasteiger partial charge on any atom is -0.342 e. The van der Waals surface area contributed by atoms with Crippen LogP contribution in [0.4, 0.5) is 19.0 Å². The average molecular weight is 521 g/mol. The zero-order chi connectivity index (χ0) is 25.2. The number of amides is 2. The van der Waals surface area contributed by atoms with Gasteiger partial charge in [0.15, 0.2) is 0 Å². The summed E-state index contributed by atoms with van der Waals surface area (Å²) in [5.74, 6) is -1.40. The second-order valence-electron chi connectivity index (χ2n) is 7.24. The van der Waals surface area contributed by atoms with E-state index >= 15 is 0 Å². The number of hydrogen-bond acceptors (Lipinski definition) is 6. The summed E-state index contributed by atoms with van der Waals surface area (Å²) in [5.41, 5.74) is -0.0344. The molecule has 0 aliphatic heterocycles. The van der Waals surface area contributed by atoms with Crippen molar-refractivity contribution in [3.8, 4) is 5.69 Å². The Kier molecular flexibility index (Phi) is 6.85. The third kappa shape index (κ3) is 5.49. The summed E-state index contributed by atoms with van der Waals surface area (Å²) in [6.07, 6.45) is 0.350. The number of aromatic nitrogens is 4. The van der Waals surface area contributed by atoms with Gasteiger partial charge in [-0.1, -0.05) is 29.8 Å². The van der Waals surface area contributed by atoms with Crippen molar-refractivity contribution in [3.63, 3.8) is 0 Å². The Morgan fingerprint density at radius 1 is 1.09 bits per heavy atom. The van der Waals surface area contributed by atoms with Crippen molar-refractivity contribution < 1.29 is 22.8 Å². The SMILES string of the molecule is C[C@@H](NC(=O)c1cncn1-c1ccccc1)c1ncc(C(=O)Nc2cc(C(F)(F)F)c(Cl)cn2)s1. The second kappa shape index (κ2) is 9.84. The normalized spacial score (nSPS) is 12.3. The van der Waals surface area contributed by atoms with Crippen molar-refractivity contribution in [2.24, 2.45) is 0 Å². The van der Waals surface area contributed by atoms with Crippen LogP contribution in [0.5, 0.6) is 0 Å². The highest BCUT2D eigenvalue weighted by Gasteiger charge is 2.34. The number of nitrogens with zero attached hydrogens (tertiary/aromatic N) is 4. The van der Waals surface area contributed by atoms with E-state index in [-0.39, 0.29) is 10.7 Å². The topological polar surface area (TPSA) is 102 Å². The van der Waals surface area contributed by atoms with E-state index in [1.54, 1.807) is 11.5 Å². The third-order valence-electron chi connectivity index (χ3n) is 4.77. The molecule has 2 N–H and O–H groups in total. The van der Waals surface area contributed by atoms with Crippen LogP contribution in [0.2, 0.25) is 5.02 Å². The number of hydrogen-bond donors (Lipinski definition) is 2. The molecule has 1 atom stereocenters. The summed E-state index contributed by atoms with van der Waals surface area (Å²) < 4.78 is 40.7. The number of para-hydroxylation sites is 1. The predicted molar refractivity (Wildman–Crippen MR) is 124 cm³/mol. The number of benzene rings is 1. The Balaban J connectivity index is 1.44. The van der Waals surface area contributed by atoms with Gasteiger partial charge in [0.25, 0.3) is 11.8 Å². The lowest BCUT2D eigenvalue weighted by molar-refractivity contribution is -0.137. The van der Waals surface area contributed by atoms with E-state index in [0.717, 1.165) is 23.2 Å². The number of rotatable bonds is 6. The monoisotopic (exact) mass is 520 g/mol. The Labute approximate surface area is 205 Å². The first-order valence-electron chi connectivity index (χ1n) is 10.0. The molecule has 13 heteroatoms. The molecule has 1 aromatic carbocycles. The van der Waals surface area contributed by atoms with Gasteiger partial charge < -0.3 is 10.6 Å². The molecule has 0 bridgehead atoms. The number of carbonyl (C=O) groups excluding carboxylic acids is 2. The summed E-state index contributed by atoms with van der Waals surface area (Å²) in [5, 5.41) is 4.96. The van der Waals surface area contributed by atoms with E-state index in [0.29, 0.717) is 16.8 Å². The van der Waals surface area contributed by atoms with E-state index in [2.05, 4.69) is 25.6 Å². The molecule has 0 fully saturated rings. The molecule has 3 heterocycles. The zero-order valence-corrected chi connectivity index (χ0v) is 19.4. The summed E-state index contributed by atoms with van der Waals surface area (Å²) in [6.45, 7) is 1.69. The molecule has 0 aliphatic rings. The molecule has 4 aromatic rings. The fourth-order valence-electron chi connectivity index (χ4n) is 3.08. The quantitative estimate of drug-likeness (QED) is 0.366. The smallest absolute Gasteiger partial charge is 0.342 e. The molecule has 4 rings (SSSR count). The van der Waals surface area contributed by atoms with Crippen molar-refractivity contribution in [1.82, 2.24) is 24.8 Å². The Morgan fingerprint density at radius 3 is 2.54 bits per heavy atom. The molecular weight excluding hydrogens is 505 g/mol. The molecule has 3 aromatic heterocycles. The summed E-state index contributed by atoms with van der Waals surface area (Å²) in [7, 11) is 0.